The van der Waals surface area contributed by atoms with E-state index in [1.165, 1.54) is 0 Å². The zero-order chi connectivity index (χ0) is 12.6. The third-order valence-corrected chi connectivity index (χ3v) is 2.05. The van der Waals surface area contributed by atoms with E-state index in [1.54, 1.807) is 20.8 Å². The molecule has 0 unspecified atom stereocenters. The van der Waals surface area contributed by atoms with Crippen LogP contribution < -0.4 is 10.6 Å². The van der Waals surface area contributed by atoms with E-state index in [2.05, 4.69) is 10.6 Å². The van der Waals surface area contributed by atoms with Gasteiger partial charge in [0, 0.05) is 25.3 Å². The predicted molar refractivity (Wildman–Crippen MR) is 60.8 cm³/mol. The summed E-state index contributed by atoms with van der Waals surface area (Å²) in [5.74, 6) is -0.368. The smallest absolute Gasteiger partial charge is 0.222 e. The fourth-order valence-corrected chi connectivity index (χ4v) is 0.914. The van der Waals surface area contributed by atoms with Gasteiger partial charge in [-0.2, -0.15) is 0 Å². The predicted octanol–water partition coefficient (Wildman–Crippen LogP) is 0.244. The minimum Gasteiger partial charge on any atom is -0.355 e. The van der Waals surface area contributed by atoms with Crippen molar-refractivity contribution in [3.63, 3.8) is 0 Å². The van der Waals surface area contributed by atoms with Gasteiger partial charge < -0.3 is 10.6 Å². The van der Waals surface area contributed by atoms with Crippen LogP contribution in [-0.4, -0.2) is 30.7 Å². The van der Waals surface area contributed by atoms with Crippen molar-refractivity contribution in [1.82, 2.24) is 10.6 Å². The van der Waals surface area contributed by atoms with Gasteiger partial charge in [-0.25, -0.2) is 0 Å². The Morgan fingerprint density at radius 1 is 1.12 bits per heavy atom. The van der Waals surface area contributed by atoms with Crippen LogP contribution in [0.5, 0.6) is 0 Å². The van der Waals surface area contributed by atoms with E-state index in [1.807, 2.05) is 0 Å². The average Bonchev–Trinajstić information content (AvgIpc) is 2.25. The third kappa shape index (κ3) is 6.98. The summed E-state index contributed by atoms with van der Waals surface area (Å²) in [6.07, 6.45) is 0.625. The second-order valence-electron chi connectivity index (χ2n) is 3.86. The van der Waals surface area contributed by atoms with Crippen LogP contribution in [0.15, 0.2) is 0 Å². The van der Waals surface area contributed by atoms with Gasteiger partial charge in [0.1, 0.15) is 0 Å². The second kappa shape index (κ2) is 7.84. The minimum absolute atomic E-state index is 0.000402. The van der Waals surface area contributed by atoms with Gasteiger partial charge in [0.25, 0.3) is 0 Å². The van der Waals surface area contributed by atoms with Crippen LogP contribution in [0, 0.1) is 5.92 Å². The molecule has 0 heterocycles. The molecule has 0 aliphatic heterocycles. The molecule has 0 saturated carbocycles. The van der Waals surface area contributed by atoms with Gasteiger partial charge in [0.15, 0.2) is 5.78 Å². The van der Waals surface area contributed by atoms with Crippen molar-refractivity contribution in [1.29, 1.82) is 0 Å². The number of ketones is 1. The molecular weight excluding hydrogens is 208 g/mol. The number of carbonyl (C=O) groups excluding carboxylic acids is 3. The number of hydrogen-bond acceptors (Lipinski definition) is 3. The first-order valence-corrected chi connectivity index (χ1v) is 5.53. The molecular formula is C11H20N2O3. The summed E-state index contributed by atoms with van der Waals surface area (Å²) in [6, 6.07) is 0. The standard InChI is InChI=1S/C11H20N2O3/c1-4-9(14)7-13-10(15)5-6-12-11(16)8(2)3/h8H,4-7H2,1-3H3,(H,12,16)(H,13,15). The zero-order valence-corrected chi connectivity index (χ0v) is 10.1. The Labute approximate surface area is 96.0 Å². The Balaban J connectivity index is 3.59. The van der Waals surface area contributed by atoms with Crippen LogP contribution in [0.2, 0.25) is 0 Å². The molecule has 0 aromatic rings. The van der Waals surface area contributed by atoms with Crippen molar-refractivity contribution in [3.05, 3.63) is 0 Å². The summed E-state index contributed by atoms with van der Waals surface area (Å²) < 4.78 is 0. The first-order valence-electron chi connectivity index (χ1n) is 5.53. The maximum absolute atomic E-state index is 11.2. The van der Waals surface area contributed by atoms with Crippen LogP contribution in [0.4, 0.5) is 0 Å². The fourth-order valence-electron chi connectivity index (χ4n) is 0.914. The maximum Gasteiger partial charge on any atom is 0.222 e. The zero-order valence-electron chi connectivity index (χ0n) is 10.1. The lowest BCUT2D eigenvalue weighted by atomic mass is 10.2. The van der Waals surface area contributed by atoms with Gasteiger partial charge in [-0.1, -0.05) is 20.8 Å². The van der Waals surface area contributed by atoms with E-state index in [-0.39, 0.29) is 36.5 Å². The first kappa shape index (κ1) is 14.6. The summed E-state index contributed by atoms with van der Waals surface area (Å²) in [5, 5.41) is 5.13. The Kier molecular flexibility index (Phi) is 7.16. The molecule has 0 bridgehead atoms. The highest BCUT2D eigenvalue weighted by molar-refractivity contribution is 5.86. The Morgan fingerprint density at radius 2 is 1.75 bits per heavy atom. The lowest BCUT2D eigenvalue weighted by Gasteiger charge is -2.07. The van der Waals surface area contributed by atoms with E-state index in [0.717, 1.165) is 0 Å². The van der Waals surface area contributed by atoms with Crippen molar-refractivity contribution >= 4 is 17.6 Å². The second-order valence-corrected chi connectivity index (χ2v) is 3.86. The highest BCUT2D eigenvalue weighted by Gasteiger charge is 2.07. The molecule has 2 amide bonds. The number of hydrogen-bond donors (Lipinski definition) is 2. The van der Waals surface area contributed by atoms with E-state index in [0.29, 0.717) is 13.0 Å². The summed E-state index contributed by atoms with van der Waals surface area (Å²) in [4.78, 5) is 33.2. The third-order valence-electron chi connectivity index (χ3n) is 2.05. The molecule has 0 aromatic carbocycles. The van der Waals surface area contributed by atoms with Gasteiger partial charge in [0.05, 0.1) is 6.54 Å². The van der Waals surface area contributed by atoms with Crippen LogP contribution in [0.1, 0.15) is 33.6 Å². The van der Waals surface area contributed by atoms with Crippen LogP contribution in [0.3, 0.4) is 0 Å². The van der Waals surface area contributed by atoms with E-state index >= 15 is 0 Å². The van der Waals surface area contributed by atoms with E-state index in [9.17, 15) is 14.4 Å². The molecule has 92 valence electrons. The lowest BCUT2D eigenvalue weighted by Crippen LogP contribution is -2.34. The van der Waals surface area contributed by atoms with Crippen molar-refractivity contribution < 1.29 is 14.4 Å². The molecule has 0 atom stereocenters. The van der Waals surface area contributed by atoms with Gasteiger partial charge >= 0.3 is 0 Å². The molecule has 0 spiro atoms. The number of amides is 2. The Morgan fingerprint density at radius 3 is 2.25 bits per heavy atom. The summed E-state index contributed by atoms with van der Waals surface area (Å²) >= 11 is 0. The van der Waals surface area contributed by atoms with Crippen LogP contribution in [0.25, 0.3) is 0 Å². The van der Waals surface area contributed by atoms with Crippen molar-refractivity contribution in [2.75, 3.05) is 13.1 Å². The molecule has 16 heavy (non-hydrogen) atoms. The fraction of sp³-hybridized carbons (Fsp3) is 0.727. The normalized spacial score (nSPS) is 10.0. The Bertz CT molecular complexity index is 262. The quantitative estimate of drug-likeness (QED) is 0.655. The monoisotopic (exact) mass is 228 g/mol. The molecule has 0 radical (unpaired) electrons. The van der Waals surface area contributed by atoms with E-state index < -0.39 is 0 Å². The SMILES string of the molecule is CCC(=O)CNC(=O)CCNC(=O)C(C)C. The number of Topliss-reactive ketones (excluding diaryl/α,β-unsaturated/α-hetero) is 1. The van der Waals surface area contributed by atoms with Crippen molar-refractivity contribution in [2.24, 2.45) is 5.92 Å². The first-order chi connectivity index (χ1) is 7.47. The number of nitrogens with one attached hydrogen (secondary N) is 2. The lowest BCUT2D eigenvalue weighted by molar-refractivity contribution is -0.126. The van der Waals surface area contributed by atoms with Crippen molar-refractivity contribution in [3.8, 4) is 0 Å². The molecule has 0 aliphatic rings. The topological polar surface area (TPSA) is 75.3 Å². The van der Waals surface area contributed by atoms with Crippen LogP contribution >= 0.6 is 0 Å². The van der Waals surface area contributed by atoms with Crippen LogP contribution in [-0.2, 0) is 14.4 Å². The summed E-state index contributed by atoms with van der Waals surface area (Å²) in [7, 11) is 0. The molecule has 0 aliphatic carbocycles. The van der Waals surface area contributed by atoms with Gasteiger partial charge in [-0.3, -0.25) is 14.4 Å². The number of carbonyl (C=O) groups is 3. The molecule has 0 aromatic heterocycles. The molecule has 0 saturated heterocycles. The van der Waals surface area contributed by atoms with E-state index in [4.69, 9.17) is 0 Å². The molecule has 2 N–H and O–H groups in total. The average molecular weight is 228 g/mol. The minimum atomic E-state index is -0.217. The molecule has 5 nitrogen and oxygen atoms in total. The van der Waals surface area contributed by atoms with Crippen molar-refractivity contribution in [2.45, 2.75) is 33.6 Å². The van der Waals surface area contributed by atoms with Gasteiger partial charge in [-0.05, 0) is 0 Å². The maximum atomic E-state index is 11.2. The summed E-state index contributed by atoms with van der Waals surface area (Å²) in [6.45, 7) is 5.71. The molecule has 0 rings (SSSR count). The number of rotatable bonds is 7. The van der Waals surface area contributed by atoms with Gasteiger partial charge in [-0.15, -0.1) is 0 Å². The molecule has 0 fully saturated rings. The highest BCUT2D eigenvalue weighted by atomic mass is 16.2. The highest BCUT2D eigenvalue weighted by Crippen LogP contribution is 1.90. The van der Waals surface area contributed by atoms with Gasteiger partial charge in [0.2, 0.25) is 11.8 Å². The molecule has 5 heteroatoms. The summed E-state index contributed by atoms with van der Waals surface area (Å²) in [5.41, 5.74) is 0. The largest absolute Gasteiger partial charge is 0.355 e. The Hall–Kier alpha value is -1.39.